The molecule has 0 radical (unpaired) electrons. The maximum atomic E-state index is 9.88. The molecule has 5 heteroatoms. The minimum Gasteiger partial charge on any atom is -0.346 e. The molecule has 1 N–H and O–H groups in total. The summed E-state index contributed by atoms with van der Waals surface area (Å²) in [5.74, 6) is 0. The van der Waals surface area contributed by atoms with Gasteiger partial charge < -0.3 is 4.89 Å². The van der Waals surface area contributed by atoms with Crippen LogP contribution in [0.25, 0.3) is 0 Å². The fraction of sp³-hybridized carbons (Fsp3) is 1.00. The first-order chi connectivity index (χ1) is 5.90. The molecule has 0 aliphatic rings. The summed E-state index contributed by atoms with van der Waals surface area (Å²) in [6, 6.07) is 0. The molecule has 13 heavy (non-hydrogen) atoms. The molecule has 0 aromatic rings. The molecule has 2 atom stereocenters. The molecular formula is C8H20NOPS2. The monoisotopic (exact) mass is 241 g/mol. The van der Waals surface area contributed by atoms with Gasteiger partial charge >= 0.3 is 0 Å². The van der Waals surface area contributed by atoms with Gasteiger partial charge in [0.2, 0.25) is 0 Å². The highest BCUT2D eigenvalue weighted by Gasteiger charge is 2.19. The van der Waals surface area contributed by atoms with Crippen LogP contribution in [0.5, 0.6) is 0 Å². The Bertz CT molecular complexity index is 187. The summed E-state index contributed by atoms with van der Waals surface area (Å²) in [7, 11) is 3.70. The molecule has 2 nitrogen and oxygen atoms in total. The van der Waals surface area contributed by atoms with Gasteiger partial charge in [-0.25, -0.2) is 0 Å². The average Bonchev–Trinajstić information content (AvgIpc) is 1.99. The molecule has 0 amide bonds. The molecule has 0 aromatic carbocycles. The van der Waals surface area contributed by atoms with Gasteiger partial charge in [-0.2, -0.15) is 0 Å². The predicted octanol–water partition coefficient (Wildman–Crippen LogP) is 3.08. The SMILES string of the molecule is CCCCC(C)SP(O)(=S)N(C)C. The second kappa shape index (κ2) is 6.41. The molecule has 0 aromatic heterocycles. The Morgan fingerprint density at radius 1 is 1.54 bits per heavy atom. The Kier molecular flexibility index (Phi) is 6.87. The molecule has 0 fully saturated rings. The minimum atomic E-state index is -2.28. The number of hydrogen-bond donors (Lipinski definition) is 1. The number of nitrogens with zero attached hydrogens (tertiary/aromatic N) is 1. The van der Waals surface area contributed by atoms with E-state index in [0.29, 0.717) is 5.25 Å². The van der Waals surface area contributed by atoms with E-state index in [1.807, 2.05) is 14.1 Å². The predicted molar refractivity (Wildman–Crippen MR) is 66.8 cm³/mol. The molecule has 0 aliphatic heterocycles. The van der Waals surface area contributed by atoms with E-state index in [0.717, 1.165) is 6.42 Å². The molecule has 2 unspecified atom stereocenters. The summed E-state index contributed by atoms with van der Waals surface area (Å²) in [6.07, 6.45) is 3.58. The largest absolute Gasteiger partial charge is 0.346 e. The van der Waals surface area contributed by atoms with E-state index < -0.39 is 5.62 Å². The smallest absolute Gasteiger partial charge is 0.185 e. The highest BCUT2D eigenvalue weighted by molar-refractivity contribution is 8.68. The second-order valence-electron chi connectivity index (χ2n) is 3.40. The zero-order chi connectivity index (χ0) is 10.5. The maximum absolute atomic E-state index is 9.88. The van der Waals surface area contributed by atoms with Crippen molar-refractivity contribution < 1.29 is 4.89 Å². The molecule has 0 rings (SSSR count). The third-order valence-electron chi connectivity index (χ3n) is 1.79. The quantitative estimate of drug-likeness (QED) is 0.722. The van der Waals surface area contributed by atoms with E-state index in [1.54, 1.807) is 16.1 Å². The van der Waals surface area contributed by atoms with Gasteiger partial charge in [-0.1, -0.05) is 38.1 Å². The molecular weight excluding hydrogens is 221 g/mol. The summed E-state index contributed by atoms with van der Waals surface area (Å²) in [5, 5.41) is 0.471. The molecule has 0 bridgehead atoms. The zero-order valence-corrected chi connectivity index (χ0v) is 11.4. The van der Waals surface area contributed by atoms with Gasteiger partial charge in [0, 0.05) is 5.25 Å². The van der Waals surface area contributed by atoms with Crippen molar-refractivity contribution in [3.63, 3.8) is 0 Å². The first-order valence-corrected chi connectivity index (χ1v) is 8.78. The molecule has 0 aliphatic carbocycles. The lowest BCUT2D eigenvalue weighted by molar-refractivity contribution is 0.544. The van der Waals surface area contributed by atoms with Crippen LogP contribution in [0.15, 0.2) is 0 Å². The Morgan fingerprint density at radius 2 is 2.08 bits per heavy atom. The lowest BCUT2D eigenvalue weighted by Gasteiger charge is -2.24. The van der Waals surface area contributed by atoms with Crippen LogP contribution in [0, 0.1) is 0 Å². The van der Waals surface area contributed by atoms with Crippen molar-refractivity contribution in [2.75, 3.05) is 14.1 Å². The van der Waals surface area contributed by atoms with E-state index in [2.05, 4.69) is 13.8 Å². The fourth-order valence-electron chi connectivity index (χ4n) is 0.873. The topological polar surface area (TPSA) is 23.5 Å². The molecule has 0 spiro atoms. The van der Waals surface area contributed by atoms with Crippen molar-refractivity contribution in [3.05, 3.63) is 0 Å². The van der Waals surface area contributed by atoms with E-state index in [-0.39, 0.29) is 0 Å². The summed E-state index contributed by atoms with van der Waals surface area (Å²) in [6.45, 7) is 4.32. The first kappa shape index (κ1) is 13.9. The summed E-state index contributed by atoms with van der Waals surface area (Å²) in [4.78, 5) is 9.88. The number of hydrogen-bond acceptors (Lipinski definition) is 2. The van der Waals surface area contributed by atoms with Crippen molar-refractivity contribution >= 4 is 28.8 Å². The Labute approximate surface area is 91.0 Å². The van der Waals surface area contributed by atoms with Gasteiger partial charge in [0.15, 0.2) is 5.62 Å². The van der Waals surface area contributed by atoms with Gasteiger partial charge in [0.1, 0.15) is 0 Å². The van der Waals surface area contributed by atoms with Crippen LogP contribution in [-0.4, -0.2) is 28.9 Å². The highest BCUT2D eigenvalue weighted by Crippen LogP contribution is 2.58. The van der Waals surface area contributed by atoms with Crippen LogP contribution < -0.4 is 0 Å². The van der Waals surface area contributed by atoms with E-state index in [4.69, 9.17) is 11.8 Å². The lowest BCUT2D eigenvalue weighted by Crippen LogP contribution is -2.07. The van der Waals surface area contributed by atoms with Crippen molar-refractivity contribution in [1.82, 2.24) is 4.67 Å². The summed E-state index contributed by atoms with van der Waals surface area (Å²) in [5.41, 5.74) is -2.28. The Hall–Kier alpha value is 0.920. The van der Waals surface area contributed by atoms with Crippen LogP contribution in [0.2, 0.25) is 0 Å². The summed E-state index contributed by atoms with van der Waals surface area (Å²) >= 11 is 6.71. The second-order valence-corrected chi connectivity index (χ2v) is 10.6. The van der Waals surface area contributed by atoms with Gasteiger partial charge in [0.25, 0.3) is 0 Å². The van der Waals surface area contributed by atoms with Crippen LogP contribution in [-0.2, 0) is 11.8 Å². The number of unbranched alkanes of at least 4 members (excludes halogenated alkanes) is 1. The van der Waals surface area contributed by atoms with Crippen LogP contribution in [0.4, 0.5) is 0 Å². The molecule has 0 heterocycles. The fourth-order valence-corrected chi connectivity index (χ4v) is 5.41. The Balaban J connectivity index is 3.90. The van der Waals surface area contributed by atoms with Crippen molar-refractivity contribution in [2.24, 2.45) is 0 Å². The van der Waals surface area contributed by atoms with E-state index in [9.17, 15) is 4.89 Å². The third kappa shape index (κ3) is 6.08. The summed E-state index contributed by atoms with van der Waals surface area (Å²) < 4.78 is 1.77. The molecule has 0 saturated heterocycles. The van der Waals surface area contributed by atoms with Crippen molar-refractivity contribution in [2.45, 2.75) is 38.4 Å². The van der Waals surface area contributed by atoms with Gasteiger partial charge in [-0.15, -0.1) is 0 Å². The van der Waals surface area contributed by atoms with E-state index in [1.165, 1.54) is 12.8 Å². The maximum Gasteiger partial charge on any atom is 0.185 e. The van der Waals surface area contributed by atoms with Gasteiger partial charge in [-0.3, -0.25) is 4.67 Å². The third-order valence-corrected chi connectivity index (χ3v) is 8.31. The number of rotatable bonds is 6. The van der Waals surface area contributed by atoms with Gasteiger partial charge in [-0.05, 0) is 32.3 Å². The molecule has 80 valence electrons. The van der Waals surface area contributed by atoms with Crippen molar-refractivity contribution in [3.8, 4) is 0 Å². The minimum absolute atomic E-state index is 0.471. The zero-order valence-electron chi connectivity index (χ0n) is 8.86. The highest BCUT2D eigenvalue weighted by atomic mass is 32.9. The molecule has 0 saturated carbocycles. The van der Waals surface area contributed by atoms with Crippen molar-refractivity contribution in [1.29, 1.82) is 0 Å². The Morgan fingerprint density at radius 3 is 2.46 bits per heavy atom. The normalized spacial score (nSPS) is 18.6. The van der Waals surface area contributed by atoms with Crippen LogP contribution >= 0.6 is 17.0 Å². The van der Waals surface area contributed by atoms with Crippen LogP contribution in [0.3, 0.4) is 0 Å². The van der Waals surface area contributed by atoms with Gasteiger partial charge in [0.05, 0.1) is 0 Å². The average molecular weight is 241 g/mol. The standard InChI is InChI=1S/C8H20NOPS2/c1-5-6-7-8(2)13-11(10,12)9(3)4/h8H,5-7H2,1-4H3,(H,10,12). The van der Waals surface area contributed by atoms with E-state index >= 15 is 0 Å². The first-order valence-electron chi connectivity index (χ1n) is 4.59. The van der Waals surface area contributed by atoms with Crippen LogP contribution in [0.1, 0.15) is 33.1 Å². The lowest BCUT2D eigenvalue weighted by atomic mass is 10.2.